The highest BCUT2D eigenvalue weighted by atomic mass is 16.5. The Morgan fingerprint density at radius 2 is 1.86 bits per heavy atom. The van der Waals surface area contributed by atoms with Crippen molar-refractivity contribution in [2.45, 2.75) is 84.0 Å². The standard InChI is InChI=1S/C27H39NO7/c1-17-14-18(2)27(35-25(32)13-8-6-5-7-12-22(34-4)26(17)33)19(3)21(29)11-9-10-20-15-23(30)28-24(31)16-20/h7-8,12-14,17,19-20,22,26-27,33H,5-6,9-11,15-16H2,1-4H3,(H,28,30,31)/b12-7+,13-8+,18-14-/t17-,19-,22-,26+,27?/m0/s1. The zero-order valence-electron chi connectivity index (χ0n) is 21.2. The molecule has 0 aromatic heterocycles. The van der Waals surface area contributed by atoms with Crippen molar-refractivity contribution in [3.05, 3.63) is 36.0 Å². The summed E-state index contributed by atoms with van der Waals surface area (Å²) in [6.45, 7) is 5.39. The van der Waals surface area contributed by atoms with Gasteiger partial charge >= 0.3 is 5.97 Å². The van der Waals surface area contributed by atoms with Gasteiger partial charge < -0.3 is 14.6 Å². The molecule has 0 aliphatic carbocycles. The topological polar surface area (TPSA) is 119 Å². The van der Waals surface area contributed by atoms with Gasteiger partial charge in [0.25, 0.3) is 0 Å². The van der Waals surface area contributed by atoms with E-state index in [1.807, 2.05) is 25.2 Å². The smallest absolute Gasteiger partial charge is 0.331 e. The predicted octanol–water partition coefficient (Wildman–Crippen LogP) is 3.19. The summed E-state index contributed by atoms with van der Waals surface area (Å²) in [6, 6.07) is 0. The number of cyclic esters (lactones) is 1. The number of piperidine rings is 1. The average molecular weight is 490 g/mol. The highest BCUT2D eigenvalue weighted by molar-refractivity contribution is 5.97. The minimum atomic E-state index is -0.803. The molecule has 5 atom stereocenters. The van der Waals surface area contributed by atoms with Crippen molar-refractivity contribution in [2.75, 3.05) is 7.11 Å². The van der Waals surface area contributed by atoms with E-state index in [-0.39, 0.29) is 35.9 Å². The van der Waals surface area contributed by atoms with Crippen LogP contribution in [0, 0.1) is 17.8 Å². The number of aliphatic hydroxyl groups is 1. The first-order valence-corrected chi connectivity index (χ1v) is 12.4. The largest absolute Gasteiger partial charge is 0.454 e. The Morgan fingerprint density at radius 3 is 2.51 bits per heavy atom. The first kappa shape index (κ1) is 28.7. The van der Waals surface area contributed by atoms with Crippen LogP contribution in [0.5, 0.6) is 0 Å². The summed E-state index contributed by atoms with van der Waals surface area (Å²) in [5.41, 5.74) is 0.685. The Kier molecular flexibility index (Phi) is 11.5. The lowest BCUT2D eigenvalue weighted by atomic mass is 9.86. The Labute approximate surface area is 207 Å². The molecule has 1 unspecified atom stereocenters. The molecule has 2 rings (SSSR count). The van der Waals surface area contributed by atoms with Crippen LogP contribution in [0.4, 0.5) is 0 Å². The molecule has 2 aliphatic heterocycles. The van der Waals surface area contributed by atoms with Gasteiger partial charge in [0.1, 0.15) is 18.0 Å². The number of allylic oxidation sites excluding steroid dienone is 2. The lowest BCUT2D eigenvalue weighted by Gasteiger charge is -2.27. The summed E-state index contributed by atoms with van der Waals surface area (Å²) in [7, 11) is 1.55. The number of nitrogens with one attached hydrogen (secondary N) is 1. The van der Waals surface area contributed by atoms with Crippen LogP contribution in [-0.2, 0) is 28.7 Å². The maximum absolute atomic E-state index is 13.0. The van der Waals surface area contributed by atoms with Gasteiger partial charge in [-0.05, 0) is 44.1 Å². The number of aliphatic hydroxyl groups excluding tert-OH is 1. The maximum atomic E-state index is 13.0. The number of Topliss-reactive ketones (excluding diaryl/α,β-unsaturated/α-hetero) is 1. The van der Waals surface area contributed by atoms with Gasteiger partial charge in [0.05, 0.1) is 12.0 Å². The van der Waals surface area contributed by atoms with Crippen molar-refractivity contribution in [1.82, 2.24) is 5.32 Å². The fourth-order valence-electron chi connectivity index (χ4n) is 4.61. The number of hydrogen-bond acceptors (Lipinski definition) is 7. The number of amides is 2. The molecule has 194 valence electrons. The highest BCUT2D eigenvalue weighted by Gasteiger charge is 2.31. The van der Waals surface area contributed by atoms with Crippen LogP contribution >= 0.6 is 0 Å². The molecule has 0 aromatic carbocycles. The molecule has 1 saturated heterocycles. The van der Waals surface area contributed by atoms with Crippen LogP contribution in [0.1, 0.15) is 65.7 Å². The highest BCUT2D eigenvalue weighted by Crippen LogP contribution is 2.25. The number of esters is 1. The molecule has 2 amide bonds. The molecular weight excluding hydrogens is 450 g/mol. The van der Waals surface area contributed by atoms with Crippen molar-refractivity contribution in [2.24, 2.45) is 17.8 Å². The van der Waals surface area contributed by atoms with E-state index in [2.05, 4.69) is 5.32 Å². The first-order chi connectivity index (χ1) is 16.6. The van der Waals surface area contributed by atoms with Gasteiger partial charge in [0.15, 0.2) is 0 Å². The zero-order valence-corrected chi connectivity index (χ0v) is 21.2. The number of methoxy groups -OCH3 is 1. The Hall–Kier alpha value is -2.58. The van der Waals surface area contributed by atoms with Crippen molar-refractivity contribution in [3.8, 4) is 0 Å². The fourth-order valence-corrected chi connectivity index (χ4v) is 4.61. The number of hydrogen-bond donors (Lipinski definition) is 2. The van der Waals surface area contributed by atoms with Crippen LogP contribution in [0.3, 0.4) is 0 Å². The predicted molar refractivity (Wildman–Crippen MR) is 131 cm³/mol. The maximum Gasteiger partial charge on any atom is 0.331 e. The van der Waals surface area contributed by atoms with Crippen molar-refractivity contribution >= 4 is 23.6 Å². The van der Waals surface area contributed by atoms with E-state index in [0.717, 1.165) is 0 Å². The molecule has 35 heavy (non-hydrogen) atoms. The Morgan fingerprint density at radius 1 is 1.20 bits per heavy atom. The second-order valence-electron chi connectivity index (χ2n) is 9.62. The summed E-state index contributed by atoms with van der Waals surface area (Å²) in [5, 5.41) is 13.1. The van der Waals surface area contributed by atoms with E-state index in [4.69, 9.17) is 9.47 Å². The molecule has 2 N–H and O–H groups in total. The third-order valence-electron chi connectivity index (χ3n) is 6.67. The van der Waals surface area contributed by atoms with Gasteiger partial charge in [-0.1, -0.05) is 38.2 Å². The van der Waals surface area contributed by atoms with E-state index >= 15 is 0 Å². The van der Waals surface area contributed by atoms with Crippen LogP contribution in [0.25, 0.3) is 0 Å². The third-order valence-corrected chi connectivity index (χ3v) is 6.67. The number of carbonyl (C=O) groups excluding carboxylic acids is 4. The van der Waals surface area contributed by atoms with Crippen molar-refractivity contribution < 1.29 is 33.8 Å². The van der Waals surface area contributed by atoms with Crippen LogP contribution < -0.4 is 5.32 Å². The number of imide groups is 1. The summed E-state index contributed by atoms with van der Waals surface area (Å²) in [6.07, 6.45) is 9.96. The number of carbonyl (C=O) groups is 4. The van der Waals surface area contributed by atoms with Crippen molar-refractivity contribution in [3.63, 3.8) is 0 Å². The zero-order chi connectivity index (χ0) is 26.0. The summed E-state index contributed by atoms with van der Waals surface area (Å²) < 4.78 is 11.1. The molecule has 0 aromatic rings. The van der Waals surface area contributed by atoms with Crippen LogP contribution in [0.15, 0.2) is 36.0 Å². The molecule has 1 fully saturated rings. The minimum Gasteiger partial charge on any atom is -0.454 e. The number of ether oxygens (including phenoxy) is 2. The second-order valence-corrected chi connectivity index (χ2v) is 9.62. The molecular formula is C27H39NO7. The molecule has 0 radical (unpaired) electrons. The Balaban J connectivity index is 2.11. The normalized spacial score (nSPS) is 31.3. The minimum absolute atomic E-state index is 0.0524. The van der Waals surface area contributed by atoms with E-state index in [0.29, 0.717) is 44.1 Å². The lowest BCUT2D eigenvalue weighted by molar-refractivity contribution is -0.145. The number of rotatable bonds is 7. The van der Waals surface area contributed by atoms with E-state index in [1.54, 1.807) is 27.0 Å². The second kappa shape index (κ2) is 14.1. The van der Waals surface area contributed by atoms with E-state index in [1.165, 1.54) is 6.08 Å². The molecule has 0 bridgehead atoms. The van der Waals surface area contributed by atoms with E-state index in [9.17, 15) is 24.3 Å². The van der Waals surface area contributed by atoms with Gasteiger partial charge in [0.2, 0.25) is 11.8 Å². The first-order valence-electron chi connectivity index (χ1n) is 12.4. The molecule has 8 heteroatoms. The summed E-state index contributed by atoms with van der Waals surface area (Å²) in [5.74, 6) is -2.06. The van der Waals surface area contributed by atoms with Gasteiger partial charge in [-0.25, -0.2) is 4.79 Å². The lowest BCUT2D eigenvalue weighted by Crippen LogP contribution is -2.38. The van der Waals surface area contributed by atoms with Gasteiger partial charge in [-0.15, -0.1) is 0 Å². The summed E-state index contributed by atoms with van der Waals surface area (Å²) in [4.78, 5) is 48.6. The van der Waals surface area contributed by atoms with E-state index < -0.39 is 30.2 Å². The quantitative estimate of drug-likeness (QED) is 0.320. The molecule has 8 nitrogen and oxygen atoms in total. The molecule has 0 spiro atoms. The average Bonchev–Trinajstić information content (AvgIpc) is 2.79. The fraction of sp³-hybridized carbons (Fsp3) is 0.630. The monoisotopic (exact) mass is 489 g/mol. The number of ketones is 1. The van der Waals surface area contributed by atoms with Crippen LogP contribution in [0.2, 0.25) is 0 Å². The SMILES string of the molecule is CO[C@H]1/C=C/CC/C=C/C(=O)OC([C@@H](C)C(=O)CCCC2CC(=O)NC(=O)C2)/C(C)=C\[C@H](C)[C@H]1O. The molecule has 2 heterocycles. The molecule has 2 aliphatic rings. The van der Waals surface area contributed by atoms with Gasteiger partial charge in [-0.2, -0.15) is 0 Å². The van der Waals surface area contributed by atoms with Crippen molar-refractivity contribution in [1.29, 1.82) is 0 Å². The van der Waals surface area contributed by atoms with Gasteiger partial charge in [-0.3, -0.25) is 19.7 Å². The third kappa shape index (κ3) is 9.18. The molecule has 0 saturated carbocycles. The summed E-state index contributed by atoms with van der Waals surface area (Å²) >= 11 is 0. The van der Waals surface area contributed by atoms with Crippen LogP contribution in [-0.4, -0.2) is 54.1 Å². The Bertz CT molecular complexity index is 844. The van der Waals surface area contributed by atoms with Gasteiger partial charge in [0, 0.05) is 38.4 Å².